The number of aryl methyl sites for hydroxylation is 1. The van der Waals surface area contributed by atoms with Crippen molar-refractivity contribution in [2.24, 2.45) is 5.92 Å². The fourth-order valence-corrected chi connectivity index (χ4v) is 3.14. The first-order valence-corrected chi connectivity index (χ1v) is 7.49. The molecule has 2 aliphatic rings. The van der Waals surface area contributed by atoms with E-state index in [9.17, 15) is 0 Å². The normalized spacial score (nSPS) is 24.4. The molecular formula is C13H19BrN4. The molecule has 1 saturated carbocycles. The summed E-state index contributed by atoms with van der Waals surface area (Å²) in [5.74, 6) is 2.50. The van der Waals surface area contributed by atoms with E-state index in [4.69, 9.17) is 0 Å². The number of rotatable bonds is 4. The molecule has 1 N–H and O–H groups in total. The van der Waals surface area contributed by atoms with Crippen molar-refractivity contribution in [3.8, 4) is 0 Å². The molecule has 98 valence electrons. The first-order chi connectivity index (χ1) is 8.70. The fraction of sp³-hybridized carbons (Fsp3) is 0.692. The van der Waals surface area contributed by atoms with E-state index in [0.29, 0.717) is 0 Å². The lowest BCUT2D eigenvalue weighted by molar-refractivity contribution is 0.316. The van der Waals surface area contributed by atoms with Gasteiger partial charge >= 0.3 is 0 Å². The number of likely N-dealkylation sites (tertiary alicyclic amines) is 1. The van der Waals surface area contributed by atoms with Crippen LogP contribution in [0.4, 0.5) is 5.82 Å². The van der Waals surface area contributed by atoms with Gasteiger partial charge in [0.15, 0.2) is 0 Å². The van der Waals surface area contributed by atoms with Gasteiger partial charge in [0.05, 0.1) is 0 Å². The molecule has 0 amide bonds. The van der Waals surface area contributed by atoms with Gasteiger partial charge in [-0.05, 0) is 54.6 Å². The highest BCUT2D eigenvalue weighted by Gasteiger charge is 2.34. The van der Waals surface area contributed by atoms with Gasteiger partial charge in [-0.3, -0.25) is 0 Å². The first-order valence-electron chi connectivity index (χ1n) is 6.70. The molecule has 0 radical (unpaired) electrons. The number of hydrogen-bond donors (Lipinski definition) is 1. The third-order valence-electron chi connectivity index (χ3n) is 3.76. The van der Waals surface area contributed by atoms with Gasteiger partial charge in [0, 0.05) is 25.2 Å². The summed E-state index contributed by atoms with van der Waals surface area (Å²) in [7, 11) is 0. The molecule has 3 rings (SSSR count). The van der Waals surface area contributed by atoms with Crippen molar-refractivity contribution >= 4 is 21.7 Å². The van der Waals surface area contributed by atoms with Crippen LogP contribution in [0.1, 0.15) is 25.1 Å². The van der Waals surface area contributed by atoms with Crippen LogP contribution < -0.4 is 5.32 Å². The lowest BCUT2D eigenvalue weighted by atomic mass is 10.1. The summed E-state index contributed by atoms with van der Waals surface area (Å²) in [4.78, 5) is 11.3. The maximum atomic E-state index is 4.40. The second-order valence-corrected chi connectivity index (χ2v) is 6.20. The average molecular weight is 311 g/mol. The Morgan fingerprint density at radius 2 is 2.22 bits per heavy atom. The standard InChI is InChI=1S/C13H19BrN4/c1-9-16-12(14)6-13(17-9)15-7-10-4-5-18(8-10)11-2-3-11/h6,10-11H,2-5,7-8H2,1H3,(H,15,16,17). The number of nitrogens with one attached hydrogen (secondary N) is 1. The van der Waals surface area contributed by atoms with Crippen LogP contribution in [0.3, 0.4) is 0 Å². The van der Waals surface area contributed by atoms with E-state index < -0.39 is 0 Å². The van der Waals surface area contributed by atoms with Crippen molar-refractivity contribution in [1.29, 1.82) is 0 Å². The minimum absolute atomic E-state index is 0.764. The van der Waals surface area contributed by atoms with Gasteiger partial charge < -0.3 is 10.2 Å². The average Bonchev–Trinajstić information content (AvgIpc) is 3.05. The van der Waals surface area contributed by atoms with Crippen molar-refractivity contribution < 1.29 is 0 Å². The van der Waals surface area contributed by atoms with E-state index in [0.717, 1.165) is 34.7 Å². The Balaban J connectivity index is 1.51. The quantitative estimate of drug-likeness (QED) is 0.867. The number of anilines is 1. The summed E-state index contributed by atoms with van der Waals surface area (Å²) in [5, 5.41) is 3.44. The molecule has 2 fully saturated rings. The Hall–Kier alpha value is -0.680. The van der Waals surface area contributed by atoms with Gasteiger partial charge in [-0.15, -0.1) is 0 Å². The van der Waals surface area contributed by atoms with Crippen molar-refractivity contribution in [3.05, 3.63) is 16.5 Å². The van der Waals surface area contributed by atoms with Crippen LogP contribution in [-0.2, 0) is 0 Å². The third-order valence-corrected chi connectivity index (χ3v) is 4.17. The monoisotopic (exact) mass is 310 g/mol. The molecule has 1 aromatic heterocycles. The second-order valence-electron chi connectivity index (χ2n) is 5.38. The van der Waals surface area contributed by atoms with Gasteiger partial charge in [-0.25, -0.2) is 9.97 Å². The topological polar surface area (TPSA) is 41.1 Å². The molecule has 5 heteroatoms. The van der Waals surface area contributed by atoms with Crippen LogP contribution in [-0.4, -0.2) is 40.5 Å². The van der Waals surface area contributed by atoms with Crippen molar-refractivity contribution in [2.45, 2.75) is 32.2 Å². The molecule has 4 nitrogen and oxygen atoms in total. The zero-order chi connectivity index (χ0) is 12.5. The number of nitrogens with zero attached hydrogens (tertiary/aromatic N) is 3. The van der Waals surface area contributed by atoms with Gasteiger partial charge in [0.25, 0.3) is 0 Å². The third kappa shape index (κ3) is 3.01. The van der Waals surface area contributed by atoms with E-state index in [1.165, 1.54) is 32.4 Å². The summed E-state index contributed by atoms with van der Waals surface area (Å²) >= 11 is 3.40. The smallest absolute Gasteiger partial charge is 0.130 e. The predicted molar refractivity (Wildman–Crippen MR) is 75.7 cm³/mol. The summed E-state index contributed by atoms with van der Waals surface area (Å²) < 4.78 is 0.850. The summed E-state index contributed by atoms with van der Waals surface area (Å²) in [6.07, 6.45) is 4.14. The highest BCUT2D eigenvalue weighted by Crippen LogP contribution is 2.31. The van der Waals surface area contributed by atoms with E-state index in [2.05, 4.69) is 36.1 Å². The van der Waals surface area contributed by atoms with E-state index in [-0.39, 0.29) is 0 Å². The Labute approximate surface area is 116 Å². The molecule has 0 bridgehead atoms. The molecule has 1 aromatic rings. The maximum absolute atomic E-state index is 4.40. The van der Waals surface area contributed by atoms with Gasteiger partial charge in [-0.1, -0.05) is 0 Å². The zero-order valence-electron chi connectivity index (χ0n) is 10.7. The lowest BCUT2D eigenvalue weighted by Crippen LogP contribution is -2.25. The molecule has 1 saturated heterocycles. The first kappa shape index (κ1) is 12.4. The van der Waals surface area contributed by atoms with E-state index >= 15 is 0 Å². The molecule has 2 heterocycles. The minimum Gasteiger partial charge on any atom is -0.370 e. The van der Waals surface area contributed by atoms with Crippen LogP contribution in [0.5, 0.6) is 0 Å². The highest BCUT2D eigenvalue weighted by molar-refractivity contribution is 9.10. The number of hydrogen-bond acceptors (Lipinski definition) is 4. The molecule has 1 aliphatic carbocycles. The minimum atomic E-state index is 0.764. The molecule has 0 aromatic carbocycles. The Morgan fingerprint density at radius 1 is 1.39 bits per heavy atom. The van der Waals surface area contributed by atoms with E-state index in [1.54, 1.807) is 0 Å². The largest absolute Gasteiger partial charge is 0.370 e. The second kappa shape index (κ2) is 5.13. The van der Waals surface area contributed by atoms with Crippen LogP contribution >= 0.6 is 15.9 Å². The zero-order valence-corrected chi connectivity index (χ0v) is 12.3. The van der Waals surface area contributed by atoms with Crippen molar-refractivity contribution in [2.75, 3.05) is 25.0 Å². The van der Waals surface area contributed by atoms with E-state index in [1.807, 2.05) is 13.0 Å². The lowest BCUT2D eigenvalue weighted by Gasteiger charge is -2.15. The van der Waals surface area contributed by atoms with Crippen molar-refractivity contribution in [3.63, 3.8) is 0 Å². The van der Waals surface area contributed by atoms with Gasteiger partial charge in [-0.2, -0.15) is 0 Å². The predicted octanol–water partition coefficient (Wildman–Crippen LogP) is 2.44. The Bertz CT molecular complexity index is 413. The SMILES string of the molecule is Cc1nc(Br)cc(NCC2CCN(C3CC3)C2)n1. The van der Waals surface area contributed by atoms with Crippen LogP contribution in [0.2, 0.25) is 0 Å². The van der Waals surface area contributed by atoms with Crippen LogP contribution in [0.25, 0.3) is 0 Å². The Kier molecular flexibility index (Phi) is 3.52. The molecule has 1 unspecified atom stereocenters. The van der Waals surface area contributed by atoms with Gasteiger partial charge in [0.2, 0.25) is 0 Å². The summed E-state index contributed by atoms with van der Waals surface area (Å²) in [6, 6.07) is 2.85. The molecule has 0 spiro atoms. The maximum Gasteiger partial charge on any atom is 0.130 e. The Morgan fingerprint density at radius 3 is 2.94 bits per heavy atom. The molecule has 18 heavy (non-hydrogen) atoms. The highest BCUT2D eigenvalue weighted by atomic mass is 79.9. The molecular weight excluding hydrogens is 292 g/mol. The van der Waals surface area contributed by atoms with Crippen LogP contribution in [0, 0.1) is 12.8 Å². The molecule has 1 aliphatic heterocycles. The number of aromatic nitrogens is 2. The van der Waals surface area contributed by atoms with Crippen LogP contribution in [0.15, 0.2) is 10.7 Å². The van der Waals surface area contributed by atoms with Gasteiger partial charge in [0.1, 0.15) is 16.2 Å². The molecule has 1 atom stereocenters. The fourth-order valence-electron chi connectivity index (χ4n) is 2.67. The summed E-state index contributed by atoms with van der Waals surface area (Å²) in [6.45, 7) is 5.47. The summed E-state index contributed by atoms with van der Waals surface area (Å²) in [5.41, 5.74) is 0. The van der Waals surface area contributed by atoms with Crippen molar-refractivity contribution in [1.82, 2.24) is 14.9 Å². The number of halogens is 1.